The van der Waals surface area contributed by atoms with E-state index >= 15 is 0 Å². The van der Waals surface area contributed by atoms with E-state index < -0.39 is 0 Å². The molecule has 114 valence electrons. The summed E-state index contributed by atoms with van der Waals surface area (Å²) in [6.45, 7) is 2.05. The number of nitrogens with one attached hydrogen (secondary N) is 1. The fourth-order valence-corrected chi connectivity index (χ4v) is 2.61. The van der Waals surface area contributed by atoms with E-state index in [0.717, 1.165) is 28.4 Å². The van der Waals surface area contributed by atoms with Gasteiger partial charge in [-0.1, -0.05) is 35.9 Å². The van der Waals surface area contributed by atoms with Crippen LogP contribution in [0.15, 0.2) is 48.5 Å². The predicted molar refractivity (Wildman–Crippen MR) is 89.1 cm³/mol. The van der Waals surface area contributed by atoms with Gasteiger partial charge in [-0.2, -0.15) is 0 Å². The number of halogens is 1. The largest absolute Gasteiger partial charge is 0.395 e. The Kier molecular flexibility index (Phi) is 4.73. The number of imidazole rings is 1. The van der Waals surface area contributed by atoms with Gasteiger partial charge in [0.05, 0.1) is 24.2 Å². The lowest BCUT2D eigenvalue weighted by Gasteiger charge is -2.10. The molecule has 5 heteroatoms. The molecule has 0 spiro atoms. The van der Waals surface area contributed by atoms with Gasteiger partial charge in [0, 0.05) is 18.1 Å². The zero-order valence-electron chi connectivity index (χ0n) is 12.2. The van der Waals surface area contributed by atoms with Gasteiger partial charge in [-0.25, -0.2) is 4.98 Å². The Labute approximate surface area is 134 Å². The van der Waals surface area contributed by atoms with Crippen molar-refractivity contribution in [3.8, 4) is 0 Å². The van der Waals surface area contributed by atoms with Crippen LogP contribution in [-0.2, 0) is 13.1 Å². The van der Waals surface area contributed by atoms with Crippen LogP contribution >= 0.6 is 11.6 Å². The van der Waals surface area contributed by atoms with Gasteiger partial charge in [0.1, 0.15) is 5.82 Å². The van der Waals surface area contributed by atoms with Crippen molar-refractivity contribution in [2.24, 2.45) is 0 Å². The maximum absolute atomic E-state index is 8.91. The van der Waals surface area contributed by atoms with Crippen LogP contribution in [0.25, 0.3) is 11.0 Å². The Morgan fingerprint density at radius 1 is 1.09 bits per heavy atom. The standard InChI is InChI=1S/C17H18ClN3O/c18-14-7-5-13(6-8-14)12-21-16-4-2-1-3-15(16)20-17(21)11-19-9-10-22/h1-8,19,22H,9-12H2. The Morgan fingerprint density at radius 2 is 1.86 bits per heavy atom. The number of aliphatic hydroxyl groups is 1. The summed E-state index contributed by atoms with van der Waals surface area (Å²) in [5, 5.41) is 12.8. The highest BCUT2D eigenvalue weighted by Gasteiger charge is 2.10. The number of para-hydroxylation sites is 2. The van der Waals surface area contributed by atoms with Crippen molar-refractivity contribution in [1.82, 2.24) is 14.9 Å². The highest BCUT2D eigenvalue weighted by Crippen LogP contribution is 2.19. The van der Waals surface area contributed by atoms with E-state index in [1.807, 2.05) is 42.5 Å². The second-order valence-electron chi connectivity index (χ2n) is 5.13. The first-order valence-electron chi connectivity index (χ1n) is 7.28. The Morgan fingerprint density at radius 3 is 2.64 bits per heavy atom. The Bertz CT molecular complexity index is 752. The van der Waals surface area contributed by atoms with E-state index in [1.165, 1.54) is 5.56 Å². The van der Waals surface area contributed by atoms with Crippen molar-refractivity contribution in [3.63, 3.8) is 0 Å². The molecule has 4 nitrogen and oxygen atoms in total. The van der Waals surface area contributed by atoms with Gasteiger partial charge in [-0.3, -0.25) is 0 Å². The molecule has 0 radical (unpaired) electrons. The van der Waals surface area contributed by atoms with Crippen LogP contribution in [0.3, 0.4) is 0 Å². The summed E-state index contributed by atoms with van der Waals surface area (Å²) in [6, 6.07) is 16.0. The summed E-state index contributed by atoms with van der Waals surface area (Å²) >= 11 is 5.95. The molecule has 3 aromatic rings. The smallest absolute Gasteiger partial charge is 0.124 e. The fraction of sp³-hybridized carbons (Fsp3) is 0.235. The number of aromatic nitrogens is 2. The lowest BCUT2D eigenvalue weighted by molar-refractivity contribution is 0.291. The van der Waals surface area contributed by atoms with E-state index in [9.17, 15) is 0 Å². The molecule has 1 aromatic heterocycles. The highest BCUT2D eigenvalue weighted by molar-refractivity contribution is 6.30. The molecule has 0 aliphatic carbocycles. The molecule has 1 heterocycles. The minimum absolute atomic E-state index is 0.122. The number of fused-ring (bicyclic) bond motifs is 1. The molecular formula is C17H18ClN3O. The Balaban J connectivity index is 1.94. The molecule has 0 saturated heterocycles. The van der Waals surface area contributed by atoms with E-state index in [0.29, 0.717) is 13.1 Å². The molecule has 2 N–H and O–H groups in total. The molecule has 0 fully saturated rings. The molecule has 2 aromatic carbocycles. The van der Waals surface area contributed by atoms with Crippen LogP contribution in [0.1, 0.15) is 11.4 Å². The lowest BCUT2D eigenvalue weighted by Crippen LogP contribution is -2.20. The Hall–Kier alpha value is -1.88. The van der Waals surface area contributed by atoms with Crippen molar-refractivity contribution in [3.05, 3.63) is 64.9 Å². The summed E-state index contributed by atoms with van der Waals surface area (Å²) in [5.41, 5.74) is 3.27. The SMILES string of the molecule is OCCNCc1nc2ccccc2n1Cc1ccc(Cl)cc1. The number of hydrogen-bond acceptors (Lipinski definition) is 3. The third kappa shape index (κ3) is 3.30. The maximum atomic E-state index is 8.91. The normalized spacial score (nSPS) is 11.2. The average molecular weight is 316 g/mol. The molecule has 0 amide bonds. The van der Waals surface area contributed by atoms with Gasteiger partial charge in [0.25, 0.3) is 0 Å². The molecule has 0 saturated carbocycles. The van der Waals surface area contributed by atoms with E-state index in [1.54, 1.807) is 0 Å². The quantitative estimate of drug-likeness (QED) is 0.688. The van der Waals surface area contributed by atoms with Gasteiger partial charge in [-0.05, 0) is 29.8 Å². The van der Waals surface area contributed by atoms with Crippen molar-refractivity contribution >= 4 is 22.6 Å². The topological polar surface area (TPSA) is 50.1 Å². The van der Waals surface area contributed by atoms with Crippen LogP contribution in [0.2, 0.25) is 5.02 Å². The molecule has 0 aliphatic rings. The van der Waals surface area contributed by atoms with Gasteiger partial charge in [0.15, 0.2) is 0 Å². The second-order valence-corrected chi connectivity index (χ2v) is 5.57. The van der Waals surface area contributed by atoms with Gasteiger partial charge < -0.3 is 15.0 Å². The van der Waals surface area contributed by atoms with Crippen molar-refractivity contribution in [1.29, 1.82) is 0 Å². The van der Waals surface area contributed by atoms with Crippen molar-refractivity contribution in [2.45, 2.75) is 13.1 Å². The van der Waals surface area contributed by atoms with Crippen molar-refractivity contribution in [2.75, 3.05) is 13.2 Å². The van der Waals surface area contributed by atoms with Gasteiger partial charge in [0.2, 0.25) is 0 Å². The van der Waals surface area contributed by atoms with Crippen LogP contribution in [0, 0.1) is 0 Å². The summed E-state index contributed by atoms with van der Waals surface area (Å²) in [4.78, 5) is 4.69. The second kappa shape index (κ2) is 6.92. The zero-order valence-corrected chi connectivity index (χ0v) is 12.9. The number of aliphatic hydroxyl groups excluding tert-OH is 1. The third-order valence-electron chi connectivity index (χ3n) is 3.56. The summed E-state index contributed by atoms with van der Waals surface area (Å²) in [6.07, 6.45) is 0. The van der Waals surface area contributed by atoms with E-state index in [2.05, 4.69) is 16.0 Å². The number of rotatable bonds is 6. The summed E-state index contributed by atoms with van der Waals surface area (Å²) in [7, 11) is 0. The molecule has 3 rings (SSSR count). The molecular weight excluding hydrogens is 298 g/mol. The first-order chi connectivity index (χ1) is 10.8. The molecule has 0 unspecified atom stereocenters. The van der Waals surface area contributed by atoms with E-state index in [-0.39, 0.29) is 6.61 Å². The van der Waals surface area contributed by atoms with Crippen LogP contribution in [0.4, 0.5) is 0 Å². The van der Waals surface area contributed by atoms with E-state index in [4.69, 9.17) is 21.7 Å². The summed E-state index contributed by atoms with van der Waals surface area (Å²) < 4.78 is 2.20. The molecule has 0 bridgehead atoms. The number of nitrogens with zero attached hydrogens (tertiary/aromatic N) is 2. The predicted octanol–water partition coefficient (Wildman–Crippen LogP) is 2.82. The number of benzene rings is 2. The van der Waals surface area contributed by atoms with Gasteiger partial charge >= 0.3 is 0 Å². The minimum atomic E-state index is 0.122. The zero-order chi connectivity index (χ0) is 15.4. The number of hydrogen-bond donors (Lipinski definition) is 2. The lowest BCUT2D eigenvalue weighted by atomic mass is 10.2. The molecule has 22 heavy (non-hydrogen) atoms. The third-order valence-corrected chi connectivity index (χ3v) is 3.81. The molecule has 0 atom stereocenters. The highest BCUT2D eigenvalue weighted by atomic mass is 35.5. The fourth-order valence-electron chi connectivity index (χ4n) is 2.49. The van der Waals surface area contributed by atoms with Crippen LogP contribution in [0.5, 0.6) is 0 Å². The van der Waals surface area contributed by atoms with Crippen LogP contribution < -0.4 is 5.32 Å². The monoisotopic (exact) mass is 315 g/mol. The molecule has 0 aliphatic heterocycles. The van der Waals surface area contributed by atoms with Crippen molar-refractivity contribution < 1.29 is 5.11 Å². The minimum Gasteiger partial charge on any atom is -0.395 e. The van der Waals surface area contributed by atoms with Gasteiger partial charge in [-0.15, -0.1) is 0 Å². The maximum Gasteiger partial charge on any atom is 0.124 e. The average Bonchev–Trinajstić information content (AvgIpc) is 2.88. The van der Waals surface area contributed by atoms with Crippen LogP contribution in [-0.4, -0.2) is 27.8 Å². The summed E-state index contributed by atoms with van der Waals surface area (Å²) in [5.74, 6) is 0.963. The first kappa shape index (κ1) is 15.0. The first-order valence-corrected chi connectivity index (χ1v) is 7.66.